The normalized spacial score (nSPS) is 20.1. The maximum Gasteiger partial charge on any atom is 0.219 e. The molecule has 1 heterocycles. The molecule has 0 saturated carbocycles. The van der Waals surface area contributed by atoms with Crippen LogP contribution in [0.5, 0.6) is 0 Å². The molecule has 1 atom stereocenters. The molecular weight excluding hydrogens is 200 g/mol. The second-order valence-electron chi connectivity index (χ2n) is 4.32. The van der Waals surface area contributed by atoms with Gasteiger partial charge < -0.3 is 10.2 Å². The molecule has 2 rings (SSSR count). The average Bonchev–Trinajstić information content (AvgIpc) is 2.76. The highest BCUT2D eigenvalue weighted by atomic mass is 16.2. The van der Waals surface area contributed by atoms with E-state index in [1.165, 1.54) is 5.56 Å². The van der Waals surface area contributed by atoms with Gasteiger partial charge in [-0.15, -0.1) is 0 Å². The first-order valence-electron chi connectivity index (χ1n) is 5.78. The average molecular weight is 218 g/mol. The molecule has 1 N–H and O–H groups in total. The summed E-state index contributed by atoms with van der Waals surface area (Å²) in [5.74, 6) is 0.184. The molecule has 1 fully saturated rings. The minimum atomic E-state index is 0.184. The third kappa shape index (κ3) is 2.83. The maximum atomic E-state index is 11.2. The fourth-order valence-electron chi connectivity index (χ4n) is 2.07. The van der Waals surface area contributed by atoms with E-state index in [1.54, 1.807) is 6.92 Å². The van der Waals surface area contributed by atoms with E-state index >= 15 is 0 Å². The molecule has 16 heavy (non-hydrogen) atoms. The number of nitrogens with one attached hydrogen (secondary N) is 1. The summed E-state index contributed by atoms with van der Waals surface area (Å²) >= 11 is 0. The summed E-state index contributed by atoms with van der Waals surface area (Å²) in [4.78, 5) is 13.1. The second kappa shape index (κ2) is 5.12. The van der Waals surface area contributed by atoms with Gasteiger partial charge in [-0.2, -0.15) is 0 Å². The Labute approximate surface area is 96.5 Å². The van der Waals surface area contributed by atoms with Crippen molar-refractivity contribution in [2.24, 2.45) is 0 Å². The highest BCUT2D eigenvalue weighted by Gasteiger charge is 2.23. The van der Waals surface area contributed by atoms with Crippen LogP contribution in [0, 0.1) is 0 Å². The Morgan fingerprint density at radius 1 is 1.44 bits per heavy atom. The number of benzene rings is 1. The first kappa shape index (κ1) is 11.1. The van der Waals surface area contributed by atoms with Crippen molar-refractivity contribution in [1.82, 2.24) is 10.2 Å². The number of carbonyl (C=O) groups excluding carboxylic acids is 1. The van der Waals surface area contributed by atoms with E-state index in [9.17, 15) is 4.79 Å². The SMILES string of the molecule is CC(=O)N1CCC(NCc2ccccc2)C1. The lowest BCUT2D eigenvalue weighted by molar-refractivity contribution is -0.127. The van der Waals surface area contributed by atoms with Crippen LogP contribution >= 0.6 is 0 Å². The first-order chi connectivity index (χ1) is 7.75. The Balaban J connectivity index is 1.78. The van der Waals surface area contributed by atoms with E-state index in [0.717, 1.165) is 26.1 Å². The van der Waals surface area contributed by atoms with E-state index in [2.05, 4.69) is 17.4 Å². The van der Waals surface area contributed by atoms with Crippen LogP contribution in [-0.2, 0) is 11.3 Å². The summed E-state index contributed by atoms with van der Waals surface area (Å²) < 4.78 is 0. The summed E-state index contributed by atoms with van der Waals surface area (Å²) in [6, 6.07) is 10.8. The van der Waals surface area contributed by atoms with Crippen LogP contribution in [0.3, 0.4) is 0 Å². The molecule has 1 saturated heterocycles. The molecule has 1 aromatic rings. The van der Waals surface area contributed by atoms with Crippen LogP contribution in [0.2, 0.25) is 0 Å². The zero-order chi connectivity index (χ0) is 11.4. The van der Waals surface area contributed by atoms with Crippen molar-refractivity contribution in [3.63, 3.8) is 0 Å². The number of hydrogen-bond acceptors (Lipinski definition) is 2. The fraction of sp³-hybridized carbons (Fsp3) is 0.462. The lowest BCUT2D eigenvalue weighted by Gasteiger charge is -2.15. The summed E-state index contributed by atoms with van der Waals surface area (Å²) in [5, 5.41) is 3.49. The number of amides is 1. The monoisotopic (exact) mass is 218 g/mol. The van der Waals surface area contributed by atoms with Crippen LogP contribution in [0.25, 0.3) is 0 Å². The molecule has 0 aliphatic carbocycles. The smallest absolute Gasteiger partial charge is 0.219 e. The van der Waals surface area contributed by atoms with Crippen molar-refractivity contribution in [2.45, 2.75) is 25.9 Å². The van der Waals surface area contributed by atoms with Crippen molar-refractivity contribution in [3.8, 4) is 0 Å². The van der Waals surface area contributed by atoms with Crippen molar-refractivity contribution >= 4 is 5.91 Å². The van der Waals surface area contributed by atoms with Crippen LogP contribution in [0.4, 0.5) is 0 Å². The van der Waals surface area contributed by atoms with E-state index in [4.69, 9.17) is 0 Å². The summed E-state index contributed by atoms with van der Waals surface area (Å²) in [6.45, 7) is 4.26. The fourth-order valence-corrected chi connectivity index (χ4v) is 2.07. The van der Waals surface area contributed by atoms with Crippen molar-refractivity contribution in [3.05, 3.63) is 35.9 Å². The van der Waals surface area contributed by atoms with Crippen LogP contribution in [0.1, 0.15) is 18.9 Å². The van der Waals surface area contributed by atoms with E-state index in [-0.39, 0.29) is 5.91 Å². The first-order valence-corrected chi connectivity index (χ1v) is 5.78. The molecule has 1 aromatic carbocycles. The minimum Gasteiger partial charge on any atom is -0.341 e. The number of likely N-dealkylation sites (tertiary alicyclic amines) is 1. The summed E-state index contributed by atoms with van der Waals surface area (Å²) in [6.07, 6.45) is 1.06. The van der Waals surface area contributed by atoms with Crippen molar-refractivity contribution in [2.75, 3.05) is 13.1 Å². The largest absolute Gasteiger partial charge is 0.341 e. The molecule has 1 amide bonds. The third-order valence-corrected chi connectivity index (χ3v) is 3.07. The number of carbonyl (C=O) groups is 1. The van der Waals surface area contributed by atoms with Gasteiger partial charge in [0.05, 0.1) is 0 Å². The maximum absolute atomic E-state index is 11.2. The van der Waals surface area contributed by atoms with Gasteiger partial charge in [-0.1, -0.05) is 30.3 Å². The Kier molecular flexibility index (Phi) is 3.57. The van der Waals surface area contributed by atoms with Crippen molar-refractivity contribution in [1.29, 1.82) is 0 Å². The molecule has 1 aliphatic heterocycles. The summed E-state index contributed by atoms with van der Waals surface area (Å²) in [5.41, 5.74) is 1.30. The lowest BCUT2D eigenvalue weighted by Crippen LogP contribution is -2.33. The van der Waals surface area contributed by atoms with Gasteiger partial charge in [-0.3, -0.25) is 4.79 Å². The predicted octanol–water partition coefficient (Wildman–Crippen LogP) is 1.40. The Morgan fingerprint density at radius 2 is 2.19 bits per heavy atom. The van der Waals surface area contributed by atoms with Crippen LogP contribution < -0.4 is 5.32 Å². The van der Waals surface area contributed by atoms with Crippen LogP contribution in [0.15, 0.2) is 30.3 Å². The van der Waals surface area contributed by atoms with Gasteiger partial charge in [0, 0.05) is 32.6 Å². The molecule has 3 nitrogen and oxygen atoms in total. The molecule has 0 spiro atoms. The molecule has 1 unspecified atom stereocenters. The highest BCUT2D eigenvalue weighted by Crippen LogP contribution is 2.10. The number of hydrogen-bond donors (Lipinski definition) is 1. The Bertz CT molecular complexity index is 350. The highest BCUT2D eigenvalue weighted by molar-refractivity contribution is 5.73. The Hall–Kier alpha value is -1.35. The summed E-state index contributed by atoms with van der Waals surface area (Å²) in [7, 11) is 0. The predicted molar refractivity (Wildman–Crippen MR) is 63.9 cm³/mol. The zero-order valence-electron chi connectivity index (χ0n) is 9.65. The molecule has 0 bridgehead atoms. The van der Waals surface area contributed by atoms with Gasteiger partial charge in [0.2, 0.25) is 5.91 Å². The Morgan fingerprint density at radius 3 is 2.81 bits per heavy atom. The van der Waals surface area contributed by atoms with Gasteiger partial charge in [0.15, 0.2) is 0 Å². The van der Waals surface area contributed by atoms with Gasteiger partial charge in [-0.25, -0.2) is 0 Å². The molecular formula is C13H18N2O. The molecule has 0 radical (unpaired) electrons. The lowest BCUT2D eigenvalue weighted by atomic mass is 10.2. The zero-order valence-corrected chi connectivity index (χ0v) is 9.65. The van der Waals surface area contributed by atoms with Crippen LogP contribution in [-0.4, -0.2) is 29.9 Å². The van der Waals surface area contributed by atoms with Gasteiger partial charge in [0.25, 0.3) is 0 Å². The molecule has 0 aromatic heterocycles. The molecule has 86 valence electrons. The number of rotatable bonds is 3. The molecule has 3 heteroatoms. The standard InChI is InChI=1S/C13H18N2O/c1-11(16)15-8-7-13(10-15)14-9-12-5-3-2-4-6-12/h2-6,13-14H,7-10H2,1H3. The molecule has 1 aliphatic rings. The van der Waals surface area contributed by atoms with E-state index < -0.39 is 0 Å². The van der Waals surface area contributed by atoms with E-state index in [1.807, 2.05) is 23.1 Å². The number of nitrogens with zero attached hydrogens (tertiary/aromatic N) is 1. The van der Waals surface area contributed by atoms with E-state index in [0.29, 0.717) is 6.04 Å². The minimum absolute atomic E-state index is 0.184. The van der Waals surface area contributed by atoms with Gasteiger partial charge in [0.1, 0.15) is 0 Å². The third-order valence-electron chi connectivity index (χ3n) is 3.07. The topological polar surface area (TPSA) is 32.3 Å². The quantitative estimate of drug-likeness (QED) is 0.831. The van der Waals surface area contributed by atoms with Gasteiger partial charge >= 0.3 is 0 Å². The van der Waals surface area contributed by atoms with Crippen molar-refractivity contribution < 1.29 is 4.79 Å². The second-order valence-corrected chi connectivity index (χ2v) is 4.32. The van der Waals surface area contributed by atoms with Gasteiger partial charge in [-0.05, 0) is 12.0 Å².